The van der Waals surface area contributed by atoms with E-state index in [0.717, 1.165) is 12.8 Å². The van der Waals surface area contributed by atoms with Gasteiger partial charge in [-0.1, -0.05) is 19.4 Å². The van der Waals surface area contributed by atoms with Gasteiger partial charge in [0.05, 0.1) is 6.54 Å². The third-order valence-electron chi connectivity index (χ3n) is 6.36. The molecule has 5 atom stereocenters. The molecule has 21 heavy (non-hydrogen) atoms. The zero-order valence-electron chi connectivity index (χ0n) is 12.8. The minimum Gasteiger partial charge on any atom is -0.385 e. The highest BCUT2D eigenvalue weighted by Crippen LogP contribution is 2.49. The first kappa shape index (κ1) is 13.3. The number of rotatable bonds is 0. The van der Waals surface area contributed by atoms with Crippen molar-refractivity contribution >= 4 is 11.6 Å². The van der Waals surface area contributed by atoms with Crippen molar-refractivity contribution in [3.05, 3.63) is 22.9 Å². The van der Waals surface area contributed by atoms with Gasteiger partial charge in [-0.05, 0) is 37.7 Å². The molecule has 4 heteroatoms. The lowest BCUT2D eigenvalue weighted by Gasteiger charge is -2.45. The highest BCUT2D eigenvalue weighted by molar-refractivity contribution is 6.45. The van der Waals surface area contributed by atoms with Crippen molar-refractivity contribution in [1.29, 1.82) is 0 Å². The zero-order valence-corrected chi connectivity index (χ0v) is 12.8. The van der Waals surface area contributed by atoms with Gasteiger partial charge in [0.25, 0.3) is 0 Å². The molecule has 1 saturated carbocycles. The normalized spacial score (nSPS) is 45.0. The summed E-state index contributed by atoms with van der Waals surface area (Å²) in [4.78, 5) is 24.5. The van der Waals surface area contributed by atoms with Gasteiger partial charge in [-0.15, -0.1) is 0 Å². The second kappa shape index (κ2) is 4.07. The quantitative estimate of drug-likeness (QED) is 0.660. The van der Waals surface area contributed by atoms with Crippen LogP contribution in [0, 0.1) is 17.8 Å². The van der Waals surface area contributed by atoms with Gasteiger partial charge < -0.3 is 10.6 Å². The maximum atomic E-state index is 12.4. The molecule has 2 fully saturated rings. The number of hydrogen-bond donors (Lipinski definition) is 2. The fourth-order valence-corrected chi connectivity index (χ4v) is 4.75. The Morgan fingerprint density at radius 2 is 2.05 bits per heavy atom. The first-order valence-corrected chi connectivity index (χ1v) is 7.93. The molecule has 2 aliphatic carbocycles. The third-order valence-corrected chi connectivity index (χ3v) is 6.36. The minimum absolute atomic E-state index is 0.137. The Morgan fingerprint density at radius 1 is 1.29 bits per heavy atom. The Kier molecular flexibility index (Phi) is 2.57. The van der Waals surface area contributed by atoms with E-state index in [0.29, 0.717) is 29.4 Å². The van der Waals surface area contributed by atoms with Crippen LogP contribution in [0.15, 0.2) is 22.9 Å². The molecule has 0 aromatic carbocycles. The number of nitrogens with one attached hydrogen (secondary N) is 2. The van der Waals surface area contributed by atoms with Crippen molar-refractivity contribution in [1.82, 2.24) is 10.6 Å². The maximum absolute atomic E-state index is 12.4. The molecule has 112 valence electrons. The lowest BCUT2D eigenvalue weighted by atomic mass is 9.66. The Balaban J connectivity index is 1.94. The SMILES string of the molecule is CC1C2CC3=C4C=C2NC1C(C)C(C)(C3)NCC(=O)C4=O. The molecular weight excluding hydrogens is 264 g/mol. The molecule has 0 aromatic rings. The van der Waals surface area contributed by atoms with Crippen molar-refractivity contribution in [3.8, 4) is 0 Å². The predicted octanol–water partition coefficient (Wildman–Crippen LogP) is 1.33. The molecular formula is C17H22N2O2. The Bertz CT molecular complexity index is 618. The summed E-state index contributed by atoms with van der Waals surface area (Å²) in [5.41, 5.74) is 2.89. The summed E-state index contributed by atoms with van der Waals surface area (Å²) in [6, 6.07) is 0.406. The summed E-state index contributed by atoms with van der Waals surface area (Å²) in [6.07, 6.45) is 3.77. The van der Waals surface area contributed by atoms with E-state index < -0.39 is 0 Å². The largest absolute Gasteiger partial charge is 0.385 e. The van der Waals surface area contributed by atoms with Crippen molar-refractivity contribution in [2.75, 3.05) is 6.54 Å². The summed E-state index contributed by atoms with van der Waals surface area (Å²) < 4.78 is 0. The minimum atomic E-state index is -0.307. The first-order valence-electron chi connectivity index (χ1n) is 7.93. The van der Waals surface area contributed by atoms with Crippen LogP contribution in [0.2, 0.25) is 0 Å². The number of allylic oxidation sites excluding steroid dienone is 3. The summed E-state index contributed by atoms with van der Waals surface area (Å²) in [5.74, 6) is 0.841. The smallest absolute Gasteiger partial charge is 0.229 e. The Labute approximate surface area is 125 Å². The standard InChI is InChI=1S/C17H22N2O2/c1-8-11-4-10-6-17(3)9(2)15(8)19-13(11)5-12(10)16(21)14(20)7-18-17/h5,8-9,11,15,18-19H,4,6-7H2,1-3H3. The van der Waals surface area contributed by atoms with Crippen LogP contribution in [0.5, 0.6) is 0 Å². The second-order valence-corrected chi connectivity index (χ2v) is 7.45. The van der Waals surface area contributed by atoms with Crippen LogP contribution in [0.3, 0.4) is 0 Å². The van der Waals surface area contributed by atoms with Gasteiger partial charge in [0.15, 0.2) is 0 Å². The number of fused-ring (bicyclic) bond motifs is 2. The predicted molar refractivity (Wildman–Crippen MR) is 79.5 cm³/mol. The van der Waals surface area contributed by atoms with Crippen molar-refractivity contribution in [2.24, 2.45) is 17.8 Å². The topological polar surface area (TPSA) is 58.2 Å². The van der Waals surface area contributed by atoms with E-state index in [2.05, 4.69) is 31.4 Å². The van der Waals surface area contributed by atoms with Gasteiger partial charge >= 0.3 is 0 Å². The lowest BCUT2D eigenvalue weighted by Crippen LogP contribution is -2.57. The van der Waals surface area contributed by atoms with E-state index in [4.69, 9.17) is 0 Å². The van der Waals surface area contributed by atoms with Gasteiger partial charge in [-0.2, -0.15) is 0 Å². The molecule has 4 rings (SSSR count). The number of carbonyl (C=O) groups excluding carboxylic acids is 2. The molecule has 4 aliphatic rings. The van der Waals surface area contributed by atoms with Crippen LogP contribution in [0.25, 0.3) is 0 Å². The second-order valence-electron chi connectivity index (χ2n) is 7.45. The van der Waals surface area contributed by atoms with E-state index in [-0.39, 0.29) is 23.7 Å². The monoisotopic (exact) mass is 286 g/mol. The van der Waals surface area contributed by atoms with Crippen LogP contribution < -0.4 is 10.6 Å². The molecule has 2 aliphatic heterocycles. The summed E-state index contributed by atoms with van der Waals surface area (Å²) in [6.45, 7) is 6.94. The van der Waals surface area contributed by atoms with Gasteiger partial charge in [0.1, 0.15) is 0 Å². The fraction of sp³-hybridized carbons (Fsp3) is 0.647. The van der Waals surface area contributed by atoms with Gasteiger partial charge in [-0.3, -0.25) is 9.59 Å². The van der Waals surface area contributed by atoms with Crippen molar-refractivity contribution < 1.29 is 9.59 Å². The summed E-state index contributed by atoms with van der Waals surface area (Å²) in [5, 5.41) is 7.06. The molecule has 2 N–H and O–H groups in total. The van der Waals surface area contributed by atoms with Gasteiger partial charge in [0, 0.05) is 28.8 Å². The van der Waals surface area contributed by atoms with Crippen molar-refractivity contribution in [3.63, 3.8) is 0 Å². The van der Waals surface area contributed by atoms with E-state index in [1.54, 1.807) is 0 Å². The van der Waals surface area contributed by atoms with Crippen LogP contribution in [0.1, 0.15) is 33.6 Å². The Morgan fingerprint density at radius 3 is 2.81 bits per heavy atom. The van der Waals surface area contributed by atoms with Gasteiger partial charge in [0.2, 0.25) is 11.6 Å². The highest BCUT2D eigenvalue weighted by atomic mass is 16.2. The van der Waals surface area contributed by atoms with E-state index >= 15 is 0 Å². The average molecular weight is 286 g/mol. The van der Waals surface area contributed by atoms with Crippen LogP contribution >= 0.6 is 0 Å². The third kappa shape index (κ3) is 1.65. The number of ketones is 2. The first-order chi connectivity index (χ1) is 9.90. The molecule has 5 unspecified atom stereocenters. The molecule has 2 heterocycles. The average Bonchev–Trinajstić information content (AvgIpc) is 2.80. The highest BCUT2D eigenvalue weighted by Gasteiger charge is 2.51. The van der Waals surface area contributed by atoms with Crippen molar-refractivity contribution in [2.45, 2.75) is 45.2 Å². The number of hydrogen-bond acceptors (Lipinski definition) is 4. The molecule has 4 nitrogen and oxygen atoms in total. The summed E-state index contributed by atoms with van der Waals surface area (Å²) >= 11 is 0. The van der Waals surface area contributed by atoms with E-state index in [9.17, 15) is 9.59 Å². The maximum Gasteiger partial charge on any atom is 0.229 e. The Hall–Kier alpha value is -1.42. The molecule has 0 amide bonds. The summed E-state index contributed by atoms with van der Waals surface area (Å²) in [7, 11) is 0. The van der Waals surface area contributed by atoms with Crippen LogP contribution in [-0.4, -0.2) is 29.7 Å². The lowest BCUT2D eigenvalue weighted by molar-refractivity contribution is -0.134. The molecule has 1 saturated heterocycles. The van der Waals surface area contributed by atoms with Crippen LogP contribution in [-0.2, 0) is 9.59 Å². The molecule has 0 aromatic heterocycles. The number of carbonyl (C=O) groups is 2. The van der Waals surface area contributed by atoms with E-state index in [1.165, 1.54) is 11.3 Å². The van der Waals surface area contributed by atoms with Gasteiger partial charge in [-0.25, -0.2) is 0 Å². The van der Waals surface area contributed by atoms with Crippen LogP contribution in [0.4, 0.5) is 0 Å². The number of Topliss-reactive ketones (excluding diaryl/α,β-unsaturated/α-hetero) is 2. The molecule has 0 radical (unpaired) electrons. The molecule has 4 bridgehead atoms. The van der Waals surface area contributed by atoms with E-state index in [1.807, 2.05) is 6.08 Å². The zero-order chi connectivity index (χ0) is 14.9. The molecule has 0 spiro atoms. The fourth-order valence-electron chi connectivity index (χ4n) is 4.75.